The second kappa shape index (κ2) is 4.52. The number of carbonyl (C=O) groups excluding carboxylic acids is 1. The van der Waals surface area contributed by atoms with Crippen LogP contribution in [0.25, 0.3) is 0 Å². The van der Waals surface area contributed by atoms with Gasteiger partial charge >= 0.3 is 5.97 Å². The van der Waals surface area contributed by atoms with Gasteiger partial charge in [-0.3, -0.25) is 4.79 Å². The van der Waals surface area contributed by atoms with Gasteiger partial charge in [0.2, 0.25) is 0 Å². The number of halogens is 3. The van der Waals surface area contributed by atoms with Crippen molar-refractivity contribution in [2.24, 2.45) is 0 Å². The summed E-state index contributed by atoms with van der Waals surface area (Å²) < 4.78 is 29.0. The van der Waals surface area contributed by atoms with Gasteiger partial charge in [0.1, 0.15) is 0 Å². The minimum Gasteiger partial charge on any atom is -0.465 e. The maximum Gasteiger partial charge on any atom is 0.340 e. The van der Waals surface area contributed by atoms with E-state index in [2.05, 4.69) is 20.7 Å². The van der Waals surface area contributed by atoms with E-state index < -0.39 is 23.5 Å². The number of nitrogens with one attached hydrogen (secondary N) is 1. The van der Waals surface area contributed by atoms with Crippen LogP contribution in [0.1, 0.15) is 22.3 Å². The van der Waals surface area contributed by atoms with E-state index in [1.54, 1.807) is 0 Å². The third-order valence-electron chi connectivity index (χ3n) is 1.69. The molecule has 0 amide bonds. The van der Waals surface area contributed by atoms with Crippen molar-refractivity contribution in [3.05, 3.63) is 32.2 Å². The highest BCUT2D eigenvalue weighted by atomic mass is 79.9. The number of alkyl halides is 2. The van der Waals surface area contributed by atoms with E-state index in [4.69, 9.17) is 0 Å². The Morgan fingerprint density at radius 3 is 2.67 bits per heavy atom. The molecule has 0 aliphatic rings. The van der Waals surface area contributed by atoms with E-state index in [-0.39, 0.29) is 10.0 Å². The normalized spacial score (nSPS) is 10.5. The van der Waals surface area contributed by atoms with Crippen LogP contribution in [0, 0.1) is 0 Å². The van der Waals surface area contributed by atoms with Crippen molar-refractivity contribution in [1.29, 1.82) is 0 Å². The van der Waals surface area contributed by atoms with Gasteiger partial charge in [-0.25, -0.2) is 13.6 Å². The van der Waals surface area contributed by atoms with Crippen LogP contribution >= 0.6 is 15.9 Å². The quantitative estimate of drug-likeness (QED) is 0.842. The Morgan fingerprint density at radius 1 is 1.60 bits per heavy atom. The average molecular weight is 282 g/mol. The molecular formula is C8H6BrF2NO3. The van der Waals surface area contributed by atoms with Crippen LogP contribution in [0.3, 0.4) is 0 Å². The highest BCUT2D eigenvalue weighted by Crippen LogP contribution is 2.26. The number of ether oxygens (including phenoxy) is 1. The Morgan fingerprint density at radius 2 is 2.20 bits per heavy atom. The number of methoxy groups -OCH3 is 1. The lowest BCUT2D eigenvalue weighted by atomic mass is 10.2. The van der Waals surface area contributed by atoms with E-state index in [0.717, 1.165) is 13.3 Å². The van der Waals surface area contributed by atoms with Crippen LogP contribution in [-0.4, -0.2) is 18.1 Å². The van der Waals surface area contributed by atoms with Gasteiger partial charge in [-0.2, -0.15) is 0 Å². The van der Waals surface area contributed by atoms with E-state index in [1.807, 2.05) is 4.98 Å². The van der Waals surface area contributed by atoms with Crippen molar-refractivity contribution in [3.8, 4) is 0 Å². The fourth-order valence-corrected chi connectivity index (χ4v) is 1.61. The molecular weight excluding hydrogens is 276 g/mol. The van der Waals surface area contributed by atoms with Gasteiger partial charge in [0.15, 0.2) is 0 Å². The summed E-state index contributed by atoms with van der Waals surface area (Å²) in [5, 5.41) is 0. The van der Waals surface area contributed by atoms with E-state index >= 15 is 0 Å². The highest BCUT2D eigenvalue weighted by molar-refractivity contribution is 9.10. The monoisotopic (exact) mass is 281 g/mol. The number of aromatic amines is 1. The molecule has 1 heterocycles. The molecule has 0 spiro atoms. The molecule has 82 valence electrons. The second-order valence-corrected chi connectivity index (χ2v) is 3.34. The number of esters is 1. The smallest absolute Gasteiger partial charge is 0.340 e. The first-order valence-corrected chi connectivity index (χ1v) is 4.56. The molecule has 0 saturated carbocycles. The minimum absolute atomic E-state index is 0.146. The molecule has 1 N–H and O–H groups in total. The van der Waals surface area contributed by atoms with Gasteiger partial charge in [-0.05, 0) is 15.9 Å². The van der Waals surface area contributed by atoms with Crippen molar-refractivity contribution in [2.45, 2.75) is 6.43 Å². The summed E-state index contributed by atoms with van der Waals surface area (Å²) in [4.78, 5) is 24.2. The molecule has 7 heteroatoms. The van der Waals surface area contributed by atoms with Gasteiger partial charge < -0.3 is 9.72 Å². The number of hydrogen-bond donors (Lipinski definition) is 1. The summed E-state index contributed by atoms with van der Waals surface area (Å²) in [5.74, 6) is -0.806. The molecule has 4 nitrogen and oxygen atoms in total. The first-order chi connectivity index (χ1) is 6.99. The maximum absolute atomic E-state index is 12.4. The Kier molecular flexibility index (Phi) is 3.57. The van der Waals surface area contributed by atoms with Crippen molar-refractivity contribution in [2.75, 3.05) is 7.11 Å². The van der Waals surface area contributed by atoms with Crippen molar-refractivity contribution in [1.82, 2.24) is 4.98 Å². The molecule has 1 rings (SSSR count). The summed E-state index contributed by atoms with van der Waals surface area (Å²) in [7, 11) is 1.11. The SMILES string of the molecule is COC(=O)c1c[nH]c(=O)c(C(F)F)c1Br. The predicted molar refractivity (Wildman–Crippen MR) is 51.1 cm³/mol. The van der Waals surface area contributed by atoms with E-state index in [1.165, 1.54) is 0 Å². The fraction of sp³-hybridized carbons (Fsp3) is 0.250. The second-order valence-electron chi connectivity index (χ2n) is 2.55. The number of aromatic nitrogens is 1. The molecule has 1 aromatic heterocycles. The number of H-pyrrole nitrogens is 1. The highest BCUT2D eigenvalue weighted by Gasteiger charge is 2.22. The Hall–Kier alpha value is -1.24. The Bertz CT molecular complexity index is 444. The topological polar surface area (TPSA) is 59.2 Å². The van der Waals surface area contributed by atoms with E-state index in [9.17, 15) is 18.4 Å². The zero-order chi connectivity index (χ0) is 11.6. The summed E-state index contributed by atoms with van der Waals surface area (Å²) in [5.41, 5.74) is -1.87. The van der Waals surface area contributed by atoms with Crippen LogP contribution in [-0.2, 0) is 4.74 Å². The zero-order valence-corrected chi connectivity index (χ0v) is 9.10. The number of hydrogen-bond acceptors (Lipinski definition) is 3. The largest absolute Gasteiger partial charge is 0.465 e. The molecule has 0 unspecified atom stereocenters. The summed E-state index contributed by atoms with van der Waals surface area (Å²) in [6, 6.07) is 0. The van der Waals surface area contributed by atoms with Gasteiger partial charge in [-0.15, -0.1) is 0 Å². The van der Waals surface area contributed by atoms with Crippen LogP contribution in [0.2, 0.25) is 0 Å². The standard InChI is InChI=1S/C8H6BrF2NO3/c1-15-8(14)3-2-12-7(13)4(5(3)9)6(10)11/h2,6H,1H3,(H,12,13). The maximum atomic E-state index is 12.4. The van der Waals surface area contributed by atoms with E-state index in [0.29, 0.717) is 0 Å². The molecule has 0 saturated heterocycles. The molecule has 0 aromatic carbocycles. The molecule has 15 heavy (non-hydrogen) atoms. The molecule has 1 aromatic rings. The lowest BCUT2D eigenvalue weighted by molar-refractivity contribution is 0.0598. The van der Waals surface area contributed by atoms with Gasteiger partial charge in [0, 0.05) is 10.7 Å². The lowest BCUT2D eigenvalue weighted by Crippen LogP contribution is -2.17. The first-order valence-electron chi connectivity index (χ1n) is 3.76. The van der Waals surface area contributed by atoms with Gasteiger partial charge in [0.25, 0.3) is 12.0 Å². The average Bonchev–Trinajstić information content (AvgIpc) is 2.16. The Labute approximate surface area is 91.4 Å². The molecule has 0 radical (unpaired) electrons. The lowest BCUT2D eigenvalue weighted by Gasteiger charge is -2.06. The molecule has 0 bridgehead atoms. The number of pyridine rings is 1. The Balaban J connectivity index is 3.41. The van der Waals surface area contributed by atoms with Crippen LogP contribution < -0.4 is 5.56 Å². The van der Waals surface area contributed by atoms with Crippen molar-refractivity contribution >= 4 is 21.9 Å². The molecule has 0 aliphatic carbocycles. The van der Waals surface area contributed by atoms with Crippen LogP contribution in [0.5, 0.6) is 0 Å². The number of carbonyl (C=O) groups is 1. The summed E-state index contributed by atoms with van der Waals surface area (Å²) >= 11 is 2.77. The van der Waals surface area contributed by atoms with Gasteiger partial charge in [0.05, 0.1) is 18.2 Å². The zero-order valence-electron chi connectivity index (χ0n) is 7.51. The van der Waals surface area contributed by atoms with Crippen LogP contribution in [0.4, 0.5) is 8.78 Å². The number of rotatable bonds is 2. The molecule has 0 aliphatic heterocycles. The van der Waals surface area contributed by atoms with Crippen molar-refractivity contribution < 1.29 is 18.3 Å². The summed E-state index contributed by atoms with van der Waals surface area (Å²) in [6.07, 6.45) is -1.95. The molecule has 0 fully saturated rings. The van der Waals surface area contributed by atoms with Gasteiger partial charge in [-0.1, -0.05) is 0 Å². The first kappa shape index (κ1) is 11.8. The third kappa shape index (κ3) is 2.23. The fourth-order valence-electron chi connectivity index (χ4n) is 0.977. The minimum atomic E-state index is -2.97. The summed E-state index contributed by atoms with van der Waals surface area (Å²) in [6.45, 7) is 0. The molecule has 0 atom stereocenters. The van der Waals surface area contributed by atoms with Crippen LogP contribution in [0.15, 0.2) is 15.5 Å². The third-order valence-corrected chi connectivity index (χ3v) is 2.54. The predicted octanol–water partition coefficient (Wildman–Crippen LogP) is 1.86. The van der Waals surface area contributed by atoms with Crippen molar-refractivity contribution in [3.63, 3.8) is 0 Å².